The van der Waals surface area contributed by atoms with Crippen molar-refractivity contribution in [1.29, 1.82) is 0 Å². The van der Waals surface area contributed by atoms with Crippen LogP contribution in [-0.4, -0.2) is 36.8 Å². The van der Waals surface area contributed by atoms with E-state index in [0.717, 1.165) is 29.9 Å². The fourth-order valence-corrected chi connectivity index (χ4v) is 2.88. The Labute approximate surface area is 163 Å². The number of ether oxygens (including phenoxy) is 3. The molecule has 2 aromatic rings. The molecular formula is C21H23NO6. The van der Waals surface area contributed by atoms with Gasteiger partial charge in [0.05, 0.1) is 13.2 Å². The van der Waals surface area contributed by atoms with Gasteiger partial charge in [-0.1, -0.05) is 13.0 Å². The van der Waals surface area contributed by atoms with E-state index in [1.807, 2.05) is 6.92 Å². The fourth-order valence-electron chi connectivity index (χ4n) is 2.88. The van der Waals surface area contributed by atoms with Gasteiger partial charge < -0.3 is 24.6 Å². The molecule has 1 amide bonds. The molecule has 0 fully saturated rings. The number of carbonyl (C=O) groups is 2. The predicted octanol–water partition coefficient (Wildman–Crippen LogP) is 2.73. The third kappa shape index (κ3) is 4.94. The van der Waals surface area contributed by atoms with Crippen LogP contribution in [-0.2, 0) is 16.0 Å². The average Bonchev–Trinajstić information content (AvgIpc) is 3.17. The zero-order valence-corrected chi connectivity index (χ0v) is 15.6. The SMILES string of the molecule is CCCOc1ccc(OCC(=O)NC(C(=O)O)c2ccc3c(c2)CCO3)cc1. The Hall–Kier alpha value is -3.22. The van der Waals surface area contributed by atoms with Crippen molar-refractivity contribution in [1.82, 2.24) is 5.32 Å². The molecule has 3 rings (SSSR count). The molecule has 28 heavy (non-hydrogen) atoms. The summed E-state index contributed by atoms with van der Waals surface area (Å²) in [5, 5.41) is 12.0. The highest BCUT2D eigenvalue weighted by molar-refractivity contribution is 5.85. The number of carboxylic acid groups (broad SMARTS) is 1. The summed E-state index contributed by atoms with van der Waals surface area (Å²) in [5.41, 5.74) is 1.45. The van der Waals surface area contributed by atoms with Gasteiger partial charge in [-0.2, -0.15) is 0 Å². The van der Waals surface area contributed by atoms with Crippen LogP contribution in [0.3, 0.4) is 0 Å². The molecule has 1 aliphatic rings. The Balaban J connectivity index is 1.56. The lowest BCUT2D eigenvalue weighted by Crippen LogP contribution is -2.36. The van der Waals surface area contributed by atoms with Crippen LogP contribution in [0.25, 0.3) is 0 Å². The van der Waals surface area contributed by atoms with Gasteiger partial charge in [0.25, 0.3) is 5.91 Å². The predicted molar refractivity (Wildman–Crippen MR) is 102 cm³/mol. The van der Waals surface area contributed by atoms with E-state index in [1.54, 1.807) is 42.5 Å². The largest absolute Gasteiger partial charge is 0.494 e. The Morgan fingerprint density at radius 2 is 1.86 bits per heavy atom. The van der Waals surface area contributed by atoms with Gasteiger partial charge in [0.2, 0.25) is 0 Å². The maximum Gasteiger partial charge on any atom is 0.330 e. The molecule has 7 heteroatoms. The topological polar surface area (TPSA) is 94.1 Å². The number of hydrogen-bond acceptors (Lipinski definition) is 5. The Morgan fingerprint density at radius 1 is 1.14 bits per heavy atom. The first-order chi connectivity index (χ1) is 13.6. The molecule has 0 saturated carbocycles. The minimum atomic E-state index is -1.15. The van der Waals surface area contributed by atoms with Crippen molar-refractivity contribution < 1.29 is 28.9 Å². The molecule has 1 aliphatic heterocycles. The van der Waals surface area contributed by atoms with Crippen LogP contribution in [0.1, 0.15) is 30.5 Å². The average molecular weight is 385 g/mol. The van der Waals surface area contributed by atoms with Crippen molar-refractivity contribution in [2.45, 2.75) is 25.8 Å². The van der Waals surface area contributed by atoms with Crippen molar-refractivity contribution in [3.05, 3.63) is 53.6 Å². The zero-order valence-electron chi connectivity index (χ0n) is 15.6. The van der Waals surface area contributed by atoms with Gasteiger partial charge in [0.1, 0.15) is 17.2 Å². The molecule has 0 bridgehead atoms. The summed E-state index contributed by atoms with van der Waals surface area (Å²) in [6, 6.07) is 10.9. The molecule has 7 nitrogen and oxygen atoms in total. The Kier molecular flexibility index (Phi) is 6.37. The third-order valence-corrected chi connectivity index (χ3v) is 4.27. The highest BCUT2D eigenvalue weighted by atomic mass is 16.5. The highest BCUT2D eigenvalue weighted by Gasteiger charge is 2.24. The minimum Gasteiger partial charge on any atom is -0.494 e. The Bertz CT molecular complexity index is 833. The summed E-state index contributed by atoms with van der Waals surface area (Å²) in [6.45, 7) is 2.96. The van der Waals surface area contributed by atoms with Crippen molar-refractivity contribution in [2.75, 3.05) is 19.8 Å². The van der Waals surface area contributed by atoms with Crippen LogP contribution in [0.2, 0.25) is 0 Å². The summed E-state index contributed by atoms with van der Waals surface area (Å²) in [5.74, 6) is 0.333. The molecule has 0 aliphatic carbocycles. The van der Waals surface area contributed by atoms with Gasteiger partial charge in [-0.3, -0.25) is 4.79 Å². The van der Waals surface area contributed by atoms with Crippen molar-refractivity contribution >= 4 is 11.9 Å². The number of aliphatic carboxylic acids is 1. The summed E-state index contributed by atoms with van der Waals surface area (Å²) in [6.07, 6.45) is 1.64. The van der Waals surface area contributed by atoms with Gasteiger partial charge in [-0.05, 0) is 53.9 Å². The summed E-state index contributed by atoms with van der Waals surface area (Å²) in [4.78, 5) is 23.8. The number of nitrogens with one attached hydrogen (secondary N) is 1. The van der Waals surface area contributed by atoms with Crippen molar-refractivity contribution in [3.63, 3.8) is 0 Å². The molecule has 0 aromatic heterocycles. The highest BCUT2D eigenvalue weighted by Crippen LogP contribution is 2.28. The maximum atomic E-state index is 12.2. The quantitative estimate of drug-likeness (QED) is 0.689. The number of rotatable bonds is 9. The van der Waals surface area contributed by atoms with E-state index >= 15 is 0 Å². The molecule has 0 radical (unpaired) electrons. The number of carbonyl (C=O) groups excluding carboxylic acids is 1. The molecule has 0 spiro atoms. The second kappa shape index (κ2) is 9.12. The van der Waals surface area contributed by atoms with Crippen LogP contribution in [0, 0.1) is 0 Å². The Morgan fingerprint density at radius 3 is 2.54 bits per heavy atom. The molecule has 1 atom stereocenters. The van der Waals surface area contributed by atoms with E-state index in [4.69, 9.17) is 14.2 Å². The molecular weight excluding hydrogens is 362 g/mol. The van der Waals surface area contributed by atoms with Crippen LogP contribution < -0.4 is 19.5 Å². The molecule has 1 heterocycles. The third-order valence-electron chi connectivity index (χ3n) is 4.27. The summed E-state index contributed by atoms with van der Waals surface area (Å²) in [7, 11) is 0. The molecule has 2 aromatic carbocycles. The van der Waals surface area contributed by atoms with Crippen LogP contribution in [0.5, 0.6) is 17.2 Å². The van der Waals surface area contributed by atoms with E-state index in [-0.39, 0.29) is 6.61 Å². The first-order valence-corrected chi connectivity index (χ1v) is 9.20. The zero-order chi connectivity index (χ0) is 19.9. The van der Waals surface area contributed by atoms with Crippen LogP contribution >= 0.6 is 0 Å². The summed E-state index contributed by atoms with van der Waals surface area (Å²) < 4.78 is 16.4. The first-order valence-electron chi connectivity index (χ1n) is 9.20. The van der Waals surface area contributed by atoms with Crippen LogP contribution in [0.4, 0.5) is 0 Å². The van der Waals surface area contributed by atoms with E-state index in [1.165, 1.54) is 0 Å². The molecule has 0 saturated heterocycles. The first kappa shape index (κ1) is 19.5. The van der Waals surface area contributed by atoms with E-state index in [0.29, 0.717) is 24.5 Å². The number of carboxylic acids is 1. The molecule has 2 N–H and O–H groups in total. The molecule has 1 unspecified atom stereocenters. The normalized spacial score (nSPS) is 13.2. The van der Waals surface area contributed by atoms with Gasteiger partial charge in [0.15, 0.2) is 12.6 Å². The smallest absolute Gasteiger partial charge is 0.330 e. The second-order valence-electron chi connectivity index (χ2n) is 6.41. The van der Waals surface area contributed by atoms with Gasteiger partial charge in [-0.15, -0.1) is 0 Å². The minimum absolute atomic E-state index is 0.285. The number of hydrogen-bond donors (Lipinski definition) is 2. The standard InChI is InChI=1S/C21H23NO6/c1-2-10-26-16-4-6-17(7-5-16)28-13-19(23)22-20(21(24)25)15-3-8-18-14(12-15)9-11-27-18/h3-8,12,20H,2,9-11,13H2,1H3,(H,22,23)(H,24,25). The maximum absolute atomic E-state index is 12.2. The van der Waals surface area contributed by atoms with Gasteiger partial charge in [0, 0.05) is 6.42 Å². The lowest BCUT2D eigenvalue weighted by molar-refractivity contribution is -0.142. The lowest BCUT2D eigenvalue weighted by atomic mass is 10.0. The summed E-state index contributed by atoms with van der Waals surface area (Å²) >= 11 is 0. The van der Waals surface area contributed by atoms with E-state index in [9.17, 15) is 14.7 Å². The fraction of sp³-hybridized carbons (Fsp3) is 0.333. The van der Waals surface area contributed by atoms with E-state index < -0.39 is 17.9 Å². The van der Waals surface area contributed by atoms with Crippen LogP contribution in [0.15, 0.2) is 42.5 Å². The van der Waals surface area contributed by atoms with Gasteiger partial charge >= 0.3 is 5.97 Å². The van der Waals surface area contributed by atoms with Crippen molar-refractivity contribution in [2.24, 2.45) is 0 Å². The van der Waals surface area contributed by atoms with Gasteiger partial charge in [-0.25, -0.2) is 4.79 Å². The van der Waals surface area contributed by atoms with Crippen molar-refractivity contribution in [3.8, 4) is 17.2 Å². The molecule has 148 valence electrons. The van der Waals surface area contributed by atoms with E-state index in [2.05, 4.69) is 5.32 Å². The number of fused-ring (bicyclic) bond motifs is 1. The lowest BCUT2D eigenvalue weighted by Gasteiger charge is -2.16. The number of benzene rings is 2. The second-order valence-corrected chi connectivity index (χ2v) is 6.41. The number of amides is 1. The monoisotopic (exact) mass is 385 g/mol.